The smallest absolute Gasteiger partial charge is 0.148 e. The van der Waals surface area contributed by atoms with Gasteiger partial charge < -0.3 is 5.32 Å². The summed E-state index contributed by atoms with van der Waals surface area (Å²) in [5, 5.41) is 2.40. The first-order chi connectivity index (χ1) is 10.7. The van der Waals surface area contributed by atoms with Crippen molar-refractivity contribution in [2.45, 2.75) is 32.4 Å². The average Bonchev–Trinajstić information content (AvgIpc) is 2.55. The van der Waals surface area contributed by atoms with Crippen molar-refractivity contribution in [3.05, 3.63) is 71.8 Å². The van der Waals surface area contributed by atoms with Gasteiger partial charge in [-0.3, -0.25) is 4.79 Å². The van der Waals surface area contributed by atoms with Gasteiger partial charge in [0.15, 0.2) is 0 Å². The summed E-state index contributed by atoms with van der Waals surface area (Å²) in [7, 11) is 0. The number of hydrogen-bond acceptors (Lipinski definition) is 1. The minimum Gasteiger partial charge on any atom is -0.333 e. The van der Waals surface area contributed by atoms with Crippen LogP contribution in [0.15, 0.2) is 60.7 Å². The fourth-order valence-electron chi connectivity index (χ4n) is 3.70. The molecule has 2 nitrogen and oxygen atoms in total. The van der Waals surface area contributed by atoms with E-state index in [0.29, 0.717) is 18.1 Å². The molecule has 1 fully saturated rings. The lowest BCUT2D eigenvalue weighted by molar-refractivity contribution is -0.744. The molecule has 0 saturated carbocycles. The van der Waals surface area contributed by atoms with Crippen LogP contribution in [-0.2, 0) is 4.79 Å². The molecule has 22 heavy (non-hydrogen) atoms. The number of piperidine rings is 1. The number of carbonyl (C=O) groups is 1. The Labute approximate surface area is 132 Å². The van der Waals surface area contributed by atoms with Gasteiger partial charge in [0.25, 0.3) is 0 Å². The molecule has 0 unspecified atom stereocenters. The van der Waals surface area contributed by atoms with Gasteiger partial charge >= 0.3 is 0 Å². The van der Waals surface area contributed by atoms with Gasteiger partial charge in [-0.25, -0.2) is 0 Å². The van der Waals surface area contributed by atoms with Crippen LogP contribution in [-0.4, -0.2) is 5.78 Å². The number of carbonyl (C=O) groups excluding carboxylic acids is 1. The normalized spacial score (nSPS) is 25.4. The van der Waals surface area contributed by atoms with E-state index in [9.17, 15) is 4.79 Å². The van der Waals surface area contributed by atoms with Crippen LogP contribution >= 0.6 is 0 Å². The molecule has 0 aromatic heterocycles. The quantitative estimate of drug-likeness (QED) is 0.926. The van der Waals surface area contributed by atoms with E-state index < -0.39 is 0 Å². The van der Waals surface area contributed by atoms with Crippen molar-refractivity contribution in [2.24, 2.45) is 11.8 Å². The summed E-state index contributed by atoms with van der Waals surface area (Å²) in [6.45, 7) is 4.32. The fraction of sp³-hybridized carbons (Fsp3) is 0.350. The molecule has 0 amide bonds. The number of nitrogens with two attached hydrogens (primary N) is 1. The Morgan fingerprint density at radius 2 is 1.45 bits per heavy atom. The second kappa shape index (κ2) is 6.45. The maximum Gasteiger partial charge on any atom is 0.148 e. The lowest BCUT2D eigenvalue weighted by atomic mass is 9.75. The van der Waals surface area contributed by atoms with Crippen molar-refractivity contribution in [2.75, 3.05) is 0 Å². The van der Waals surface area contributed by atoms with E-state index >= 15 is 0 Å². The summed E-state index contributed by atoms with van der Waals surface area (Å²) in [5.41, 5.74) is 2.51. The van der Waals surface area contributed by atoms with Gasteiger partial charge in [-0.15, -0.1) is 0 Å². The van der Waals surface area contributed by atoms with Crippen molar-refractivity contribution in [3.8, 4) is 0 Å². The molecular weight excluding hydrogens is 270 g/mol. The number of benzene rings is 2. The lowest BCUT2D eigenvalue weighted by Crippen LogP contribution is -2.90. The highest BCUT2D eigenvalue weighted by Gasteiger charge is 2.42. The standard InChI is InChI=1S/C20H23NO/c1-14(2)19-18(22)13-17(15-9-5-3-6-10-15)21-20(19)16-11-7-4-8-12-16/h3-12,14,17,19-21H,13H2,1-2H3/p+1/t17-,19-,20-/m0/s1. The molecule has 1 saturated heterocycles. The van der Waals surface area contributed by atoms with E-state index in [2.05, 4.69) is 67.7 Å². The highest BCUT2D eigenvalue weighted by Crippen LogP contribution is 2.33. The number of hydrogen-bond donors (Lipinski definition) is 1. The highest BCUT2D eigenvalue weighted by molar-refractivity contribution is 5.83. The third kappa shape index (κ3) is 2.97. The van der Waals surface area contributed by atoms with E-state index in [1.54, 1.807) is 0 Å². The average molecular weight is 294 g/mol. The second-order valence-corrected chi connectivity index (χ2v) is 6.59. The Morgan fingerprint density at radius 1 is 0.909 bits per heavy atom. The van der Waals surface area contributed by atoms with Crippen LogP contribution in [0.1, 0.15) is 43.5 Å². The van der Waals surface area contributed by atoms with E-state index in [1.807, 2.05) is 12.1 Å². The van der Waals surface area contributed by atoms with E-state index in [1.165, 1.54) is 11.1 Å². The molecule has 3 atom stereocenters. The zero-order valence-corrected chi connectivity index (χ0v) is 13.3. The van der Waals surface area contributed by atoms with Crippen molar-refractivity contribution < 1.29 is 10.1 Å². The first-order valence-electron chi connectivity index (χ1n) is 8.14. The van der Waals surface area contributed by atoms with E-state index in [0.717, 1.165) is 0 Å². The largest absolute Gasteiger partial charge is 0.333 e. The summed E-state index contributed by atoms with van der Waals surface area (Å²) >= 11 is 0. The van der Waals surface area contributed by atoms with E-state index in [4.69, 9.17) is 0 Å². The SMILES string of the molecule is CC(C)[C@H]1C(=O)C[C@@H](c2ccccc2)[NH2+][C@H]1c1ccccc1. The number of ketones is 1. The van der Waals surface area contributed by atoms with Crippen LogP contribution < -0.4 is 5.32 Å². The first-order valence-corrected chi connectivity index (χ1v) is 8.14. The third-order valence-corrected chi connectivity index (χ3v) is 4.75. The maximum absolute atomic E-state index is 12.8. The first kappa shape index (κ1) is 15.0. The highest BCUT2D eigenvalue weighted by atomic mass is 16.1. The molecule has 1 aliphatic rings. The van der Waals surface area contributed by atoms with Crippen LogP contribution in [0.4, 0.5) is 0 Å². The van der Waals surface area contributed by atoms with Gasteiger partial charge in [0, 0.05) is 11.1 Å². The Bertz CT molecular complexity index is 621. The minimum atomic E-state index is 0.0994. The zero-order valence-electron chi connectivity index (χ0n) is 13.3. The predicted molar refractivity (Wildman–Crippen MR) is 88.2 cm³/mol. The molecule has 2 aromatic carbocycles. The van der Waals surface area contributed by atoms with Crippen molar-refractivity contribution in [1.29, 1.82) is 0 Å². The number of quaternary nitrogens is 1. The summed E-state index contributed by atoms with van der Waals surface area (Å²) in [4.78, 5) is 12.8. The maximum atomic E-state index is 12.8. The van der Waals surface area contributed by atoms with Crippen molar-refractivity contribution in [1.82, 2.24) is 0 Å². The molecule has 0 bridgehead atoms. The summed E-state index contributed by atoms with van der Waals surface area (Å²) in [5.74, 6) is 0.869. The Kier molecular flexibility index (Phi) is 4.39. The molecule has 3 rings (SSSR count). The molecule has 1 heterocycles. The van der Waals surface area contributed by atoms with Gasteiger partial charge in [0.1, 0.15) is 17.9 Å². The summed E-state index contributed by atoms with van der Waals surface area (Å²) < 4.78 is 0. The van der Waals surface area contributed by atoms with Crippen LogP contribution in [0.5, 0.6) is 0 Å². The number of rotatable bonds is 3. The van der Waals surface area contributed by atoms with Crippen LogP contribution in [0, 0.1) is 11.8 Å². The molecule has 2 heteroatoms. The molecule has 2 N–H and O–H groups in total. The monoisotopic (exact) mass is 294 g/mol. The summed E-state index contributed by atoms with van der Waals surface area (Å²) in [6, 6.07) is 21.3. The number of Topliss-reactive ketones (excluding diaryl/α,β-unsaturated/α-hetero) is 1. The molecule has 2 aromatic rings. The van der Waals surface area contributed by atoms with Gasteiger partial charge in [-0.1, -0.05) is 74.5 Å². The van der Waals surface area contributed by atoms with Crippen LogP contribution in [0.2, 0.25) is 0 Å². The van der Waals surface area contributed by atoms with Gasteiger partial charge in [-0.2, -0.15) is 0 Å². The van der Waals surface area contributed by atoms with Gasteiger partial charge in [0.2, 0.25) is 0 Å². The Morgan fingerprint density at radius 3 is 2.00 bits per heavy atom. The molecule has 114 valence electrons. The van der Waals surface area contributed by atoms with Gasteiger partial charge in [0.05, 0.1) is 12.3 Å². The molecule has 0 spiro atoms. The lowest BCUT2D eigenvalue weighted by Gasteiger charge is -2.35. The second-order valence-electron chi connectivity index (χ2n) is 6.59. The molecule has 1 aliphatic heterocycles. The zero-order chi connectivity index (χ0) is 15.5. The molecule has 0 radical (unpaired) electrons. The fourth-order valence-corrected chi connectivity index (χ4v) is 3.70. The van der Waals surface area contributed by atoms with Crippen molar-refractivity contribution >= 4 is 5.78 Å². The van der Waals surface area contributed by atoms with Gasteiger partial charge in [-0.05, 0) is 5.92 Å². The topological polar surface area (TPSA) is 33.7 Å². The Balaban J connectivity index is 1.94. The third-order valence-electron chi connectivity index (χ3n) is 4.75. The molecule has 0 aliphatic carbocycles. The molecular formula is C20H24NO+. The van der Waals surface area contributed by atoms with Crippen molar-refractivity contribution in [3.63, 3.8) is 0 Å². The summed E-state index contributed by atoms with van der Waals surface area (Å²) in [6.07, 6.45) is 0.635. The Hall–Kier alpha value is -1.93. The predicted octanol–water partition coefficient (Wildman–Crippen LogP) is 3.28. The minimum absolute atomic E-state index is 0.0994. The van der Waals surface area contributed by atoms with Crippen LogP contribution in [0.25, 0.3) is 0 Å². The van der Waals surface area contributed by atoms with Crippen LogP contribution in [0.3, 0.4) is 0 Å². The van der Waals surface area contributed by atoms with E-state index in [-0.39, 0.29) is 18.0 Å².